The Morgan fingerprint density at radius 2 is 1.85 bits per heavy atom. The molecule has 2 unspecified atom stereocenters. The topological polar surface area (TPSA) is 41.5 Å². The maximum atomic E-state index is 10.2. The van der Waals surface area contributed by atoms with Crippen LogP contribution in [0.15, 0.2) is 42.5 Å². The van der Waals surface area contributed by atoms with Crippen LogP contribution in [0.1, 0.15) is 25.5 Å². The zero-order chi connectivity index (χ0) is 14.4. The molecule has 2 atom stereocenters. The Labute approximate surface area is 120 Å². The summed E-state index contributed by atoms with van der Waals surface area (Å²) in [5.41, 5.74) is 0.945. The van der Waals surface area contributed by atoms with Crippen LogP contribution in [0.5, 0.6) is 0 Å². The van der Waals surface area contributed by atoms with E-state index in [-0.39, 0.29) is 6.10 Å². The molecule has 0 heterocycles. The Bertz CT molecular complexity index is 541. The van der Waals surface area contributed by atoms with E-state index in [1.165, 1.54) is 5.39 Å². The Morgan fingerprint density at radius 1 is 1.10 bits per heavy atom. The molecule has 0 aliphatic carbocycles. The molecule has 2 rings (SSSR count). The molecule has 2 aromatic carbocycles. The lowest BCUT2D eigenvalue weighted by molar-refractivity contribution is 0.0723. The average Bonchev–Trinajstić information content (AvgIpc) is 2.47. The van der Waals surface area contributed by atoms with E-state index in [2.05, 4.69) is 23.5 Å². The monoisotopic (exact) mass is 273 g/mol. The summed E-state index contributed by atoms with van der Waals surface area (Å²) in [4.78, 5) is 0. The zero-order valence-electron chi connectivity index (χ0n) is 12.2. The van der Waals surface area contributed by atoms with Gasteiger partial charge < -0.3 is 15.2 Å². The van der Waals surface area contributed by atoms with Crippen LogP contribution < -0.4 is 5.32 Å². The van der Waals surface area contributed by atoms with Crippen LogP contribution in [0.25, 0.3) is 10.8 Å². The van der Waals surface area contributed by atoms with Gasteiger partial charge in [-0.1, -0.05) is 36.4 Å². The lowest BCUT2D eigenvalue weighted by Crippen LogP contribution is -2.30. The van der Waals surface area contributed by atoms with Crippen LogP contribution in [0.4, 0.5) is 0 Å². The fourth-order valence-electron chi connectivity index (χ4n) is 2.30. The number of hydrogen-bond donors (Lipinski definition) is 2. The van der Waals surface area contributed by atoms with Crippen molar-refractivity contribution in [3.05, 3.63) is 48.0 Å². The summed E-state index contributed by atoms with van der Waals surface area (Å²) < 4.78 is 5.44. The van der Waals surface area contributed by atoms with E-state index in [1.54, 1.807) is 0 Å². The molecule has 0 radical (unpaired) electrons. The first-order chi connectivity index (χ1) is 9.70. The summed E-state index contributed by atoms with van der Waals surface area (Å²) in [7, 11) is 0. The van der Waals surface area contributed by atoms with E-state index in [0.717, 1.165) is 24.1 Å². The first-order valence-electron chi connectivity index (χ1n) is 7.19. The highest BCUT2D eigenvalue weighted by Crippen LogP contribution is 2.19. The SMILES string of the molecule is CCOC(C)CNCC(O)c1ccc2ccccc2c1. The van der Waals surface area contributed by atoms with Gasteiger partial charge in [0.25, 0.3) is 0 Å². The summed E-state index contributed by atoms with van der Waals surface area (Å²) in [5, 5.41) is 15.8. The van der Waals surface area contributed by atoms with Gasteiger partial charge in [0, 0.05) is 19.7 Å². The number of rotatable bonds is 7. The van der Waals surface area contributed by atoms with E-state index in [9.17, 15) is 5.11 Å². The zero-order valence-corrected chi connectivity index (χ0v) is 12.2. The van der Waals surface area contributed by atoms with E-state index in [0.29, 0.717) is 6.54 Å². The predicted octanol–water partition coefficient (Wildman–Crippen LogP) is 2.89. The molecule has 2 N–H and O–H groups in total. The van der Waals surface area contributed by atoms with Crippen molar-refractivity contribution in [1.29, 1.82) is 0 Å². The molecule has 0 aliphatic heterocycles. The van der Waals surface area contributed by atoms with Crippen molar-refractivity contribution >= 4 is 10.8 Å². The van der Waals surface area contributed by atoms with Crippen LogP contribution in [0, 0.1) is 0 Å². The van der Waals surface area contributed by atoms with E-state index >= 15 is 0 Å². The number of benzene rings is 2. The fraction of sp³-hybridized carbons (Fsp3) is 0.412. The highest BCUT2D eigenvalue weighted by atomic mass is 16.5. The van der Waals surface area contributed by atoms with Crippen molar-refractivity contribution in [2.24, 2.45) is 0 Å². The molecule has 0 spiro atoms. The molecule has 0 amide bonds. The Hall–Kier alpha value is -1.42. The molecule has 0 fully saturated rings. The lowest BCUT2D eigenvalue weighted by atomic mass is 10.0. The van der Waals surface area contributed by atoms with Crippen LogP contribution in [0.2, 0.25) is 0 Å². The molecular weight excluding hydrogens is 250 g/mol. The van der Waals surface area contributed by atoms with Crippen molar-refractivity contribution in [2.75, 3.05) is 19.7 Å². The second-order valence-electron chi connectivity index (χ2n) is 5.05. The van der Waals surface area contributed by atoms with Crippen LogP contribution >= 0.6 is 0 Å². The van der Waals surface area contributed by atoms with Gasteiger partial charge in [0.2, 0.25) is 0 Å². The minimum Gasteiger partial charge on any atom is -0.387 e. The summed E-state index contributed by atoms with van der Waals surface area (Å²) in [5.74, 6) is 0. The maximum Gasteiger partial charge on any atom is 0.0914 e. The van der Waals surface area contributed by atoms with Gasteiger partial charge in [0.15, 0.2) is 0 Å². The van der Waals surface area contributed by atoms with Gasteiger partial charge in [0.1, 0.15) is 0 Å². The number of aliphatic hydroxyl groups excluding tert-OH is 1. The normalized spacial score (nSPS) is 14.3. The Morgan fingerprint density at radius 3 is 2.60 bits per heavy atom. The Kier molecular flexibility index (Phi) is 5.53. The molecule has 0 aromatic heterocycles. The minimum atomic E-state index is -0.492. The highest BCUT2D eigenvalue weighted by Gasteiger charge is 2.08. The summed E-state index contributed by atoms with van der Waals surface area (Å²) >= 11 is 0. The summed E-state index contributed by atoms with van der Waals surface area (Å²) in [6, 6.07) is 14.3. The first kappa shape index (κ1) is 15.0. The smallest absolute Gasteiger partial charge is 0.0914 e. The molecule has 0 saturated carbocycles. The molecule has 3 heteroatoms. The van der Waals surface area contributed by atoms with Gasteiger partial charge >= 0.3 is 0 Å². The highest BCUT2D eigenvalue weighted by molar-refractivity contribution is 5.83. The molecule has 0 saturated heterocycles. The van der Waals surface area contributed by atoms with Gasteiger partial charge in [-0.3, -0.25) is 0 Å². The Balaban J connectivity index is 1.92. The fourth-order valence-corrected chi connectivity index (χ4v) is 2.30. The van der Waals surface area contributed by atoms with Crippen LogP contribution in [-0.2, 0) is 4.74 Å². The van der Waals surface area contributed by atoms with E-state index in [4.69, 9.17) is 4.74 Å². The molecule has 108 valence electrons. The van der Waals surface area contributed by atoms with Crippen LogP contribution in [-0.4, -0.2) is 30.9 Å². The van der Waals surface area contributed by atoms with Gasteiger partial charge in [-0.2, -0.15) is 0 Å². The van der Waals surface area contributed by atoms with Crippen molar-refractivity contribution in [2.45, 2.75) is 26.1 Å². The second-order valence-corrected chi connectivity index (χ2v) is 5.05. The van der Waals surface area contributed by atoms with Crippen molar-refractivity contribution in [1.82, 2.24) is 5.32 Å². The van der Waals surface area contributed by atoms with Crippen LogP contribution in [0.3, 0.4) is 0 Å². The third-order valence-corrected chi connectivity index (χ3v) is 3.38. The molecule has 0 bridgehead atoms. The largest absolute Gasteiger partial charge is 0.387 e. The number of ether oxygens (including phenoxy) is 1. The van der Waals surface area contributed by atoms with Gasteiger partial charge in [-0.25, -0.2) is 0 Å². The third kappa shape index (κ3) is 4.04. The van der Waals surface area contributed by atoms with Crippen molar-refractivity contribution in [3.8, 4) is 0 Å². The predicted molar refractivity (Wildman–Crippen MR) is 82.9 cm³/mol. The molecule has 2 aromatic rings. The number of fused-ring (bicyclic) bond motifs is 1. The summed E-state index contributed by atoms with van der Waals surface area (Å²) in [6.07, 6.45) is -0.322. The minimum absolute atomic E-state index is 0.170. The van der Waals surface area contributed by atoms with Gasteiger partial charge in [-0.05, 0) is 36.2 Å². The standard InChI is InChI=1S/C17H23NO2/c1-3-20-13(2)11-18-12-17(19)16-9-8-14-6-4-5-7-15(14)10-16/h4-10,13,17-19H,3,11-12H2,1-2H3. The van der Waals surface area contributed by atoms with Crippen molar-refractivity contribution < 1.29 is 9.84 Å². The third-order valence-electron chi connectivity index (χ3n) is 3.38. The van der Waals surface area contributed by atoms with Gasteiger partial charge in [-0.15, -0.1) is 0 Å². The number of aliphatic hydroxyl groups is 1. The second kappa shape index (κ2) is 7.39. The number of nitrogens with one attached hydrogen (secondary N) is 1. The average molecular weight is 273 g/mol. The quantitative estimate of drug-likeness (QED) is 0.815. The molecule has 20 heavy (non-hydrogen) atoms. The van der Waals surface area contributed by atoms with Crippen molar-refractivity contribution in [3.63, 3.8) is 0 Å². The first-order valence-corrected chi connectivity index (χ1v) is 7.19. The summed E-state index contributed by atoms with van der Waals surface area (Å²) in [6.45, 7) is 6.02. The lowest BCUT2D eigenvalue weighted by Gasteiger charge is -2.16. The number of hydrogen-bond acceptors (Lipinski definition) is 3. The maximum absolute atomic E-state index is 10.2. The van der Waals surface area contributed by atoms with Gasteiger partial charge in [0.05, 0.1) is 12.2 Å². The molecule has 0 aliphatic rings. The van der Waals surface area contributed by atoms with E-state index in [1.807, 2.05) is 38.1 Å². The molecule has 3 nitrogen and oxygen atoms in total. The molecular formula is C17H23NO2. The van der Waals surface area contributed by atoms with E-state index < -0.39 is 6.10 Å².